The number of benzene rings is 1. The molecule has 0 aromatic heterocycles. The lowest BCUT2D eigenvalue weighted by Gasteiger charge is -2.33. The Morgan fingerprint density at radius 1 is 1.28 bits per heavy atom. The average Bonchev–Trinajstić information content (AvgIpc) is 2.34. The van der Waals surface area contributed by atoms with Gasteiger partial charge in [-0.3, -0.25) is 0 Å². The molecule has 1 aliphatic carbocycles. The van der Waals surface area contributed by atoms with Crippen molar-refractivity contribution in [2.75, 3.05) is 12.3 Å². The monoisotopic (exact) mass is 310 g/mol. The summed E-state index contributed by atoms with van der Waals surface area (Å²) in [5.41, 5.74) is 8.39. The molecule has 2 rings (SSSR count). The number of hydrogen-bond donors (Lipinski definition) is 2. The van der Waals surface area contributed by atoms with E-state index >= 15 is 0 Å². The summed E-state index contributed by atoms with van der Waals surface area (Å²) in [6.07, 6.45) is 6.91. The number of anilines is 1. The van der Waals surface area contributed by atoms with E-state index in [1.54, 1.807) is 0 Å². The van der Waals surface area contributed by atoms with E-state index in [-0.39, 0.29) is 0 Å². The zero-order valence-electron chi connectivity index (χ0n) is 11.1. The first-order chi connectivity index (χ1) is 8.59. The summed E-state index contributed by atoms with van der Waals surface area (Å²) in [4.78, 5) is 0. The lowest BCUT2D eigenvalue weighted by atomic mass is 9.76. The van der Waals surface area contributed by atoms with Gasteiger partial charge in [-0.25, -0.2) is 0 Å². The van der Waals surface area contributed by atoms with Crippen LogP contribution in [0.4, 0.5) is 5.69 Å². The van der Waals surface area contributed by atoms with Crippen molar-refractivity contribution in [3.05, 3.63) is 28.2 Å². The van der Waals surface area contributed by atoms with Crippen LogP contribution in [-0.4, -0.2) is 6.54 Å². The molecule has 1 fully saturated rings. The van der Waals surface area contributed by atoms with Crippen molar-refractivity contribution in [2.45, 2.75) is 45.6 Å². The molecular formula is C15H23BrN2. The van der Waals surface area contributed by atoms with Gasteiger partial charge in [0.15, 0.2) is 0 Å². The third-order valence-corrected chi connectivity index (χ3v) is 4.77. The number of nitrogens with two attached hydrogens (primary N) is 1. The Morgan fingerprint density at radius 2 is 2.00 bits per heavy atom. The summed E-state index contributed by atoms with van der Waals surface area (Å²) in [6, 6.07) is 5.99. The maximum absolute atomic E-state index is 5.82. The standard InChI is InChI=1S/C15H23BrN2/c1-15(7-3-2-4-8-15)11-18-10-12-9-13(17)5-6-14(12)16/h5-6,9,18H,2-4,7-8,10-11,17H2,1H3. The van der Waals surface area contributed by atoms with Crippen LogP contribution in [0, 0.1) is 5.41 Å². The maximum Gasteiger partial charge on any atom is 0.0318 e. The predicted molar refractivity (Wildman–Crippen MR) is 81.5 cm³/mol. The summed E-state index contributed by atoms with van der Waals surface area (Å²) >= 11 is 3.57. The summed E-state index contributed by atoms with van der Waals surface area (Å²) < 4.78 is 1.14. The summed E-state index contributed by atoms with van der Waals surface area (Å²) in [5.74, 6) is 0. The fourth-order valence-corrected chi connectivity index (χ4v) is 3.20. The number of nitrogen functional groups attached to an aromatic ring is 1. The molecule has 1 saturated carbocycles. The summed E-state index contributed by atoms with van der Waals surface area (Å²) in [5, 5.41) is 3.59. The molecule has 0 bridgehead atoms. The van der Waals surface area contributed by atoms with Gasteiger partial charge in [0.25, 0.3) is 0 Å². The van der Waals surface area contributed by atoms with Gasteiger partial charge >= 0.3 is 0 Å². The van der Waals surface area contributed by atoms with E-state index in [9.17, 15) is 0 Å². The van der Waals surface area contributed by atoms with E-state index in [4.69, 9.17) is 5.73 Å². The van der Waals surface area contributed by atoms with Crippen LogP contribution in [0.25, 0.3) is 0 Å². The molecule has 100 valence electrons. The van der Waals surface area contributed by atoms with Crippen molar-refractivity contribution >= 4 is 21.6 Å². The third-order valence-electron chi connectivity index (χ3n) is 4.00. The van der Waals surface area contributed by atoms with E-state index in [0.29, 0.717) is 5.41 Å². The lowest BCUT2D eigenvalue weighted by molar-refractivity contribution is 0.207. The van der Waals surface area contributed by atoms with Crippen LogP contribution < -0.4 is 11.1 Å². The van der Waals surface area contributed by atoms with Gasteiger partial charge in [0.1, 0.15) is 0 Å². The Kier molecular flexibility index (Phi) is 4.68. The topological polar surface area (TPSA) is 38.0 Å². The molecule has 2 nitrogen and oxygen atoms in total. The SMILES string of the molecule is CC1(CNCc2cc(N)ccc2Br)CCCCC1. The van der Waals surface area contributed by atoms with Crippen molar-refractivity contribution in [3.8, 4) is 0 Å². The summed E-state index contributed by atoms with van der Waals surface area (Å²) in [7, 11) is 0. The van der Waals surface area contributed by atoms with Gasteiger partial charge in [-0.15, -0.1) is 0 Å². The molecule has 0 radical (unpaired) electrons. The molecule has 0 saturated heterocycles. The number of halogens is 1. The fourth-order valence-electron chi connectivity index (χ4n) is 2.81. The Balaban J connectivity index is 1.86. The minimum Gasteiger partial charge on any atom is -0.399 e. The molecule has 18 heavy (non-hydrogen) atoms. The molecule has 0 aliphatic heterocycles. The smallest absolute Gasteiger partial charge is 0.0318 e. The second-order valence-electron chi connectivity index (χ2n) is 5.83. The van der Waals surface area contributed by atoms with Crippen LogP contribution in [0.3, 0.4) is 0 Å². The molecule has 1 aromatic carbocycles. The van der Waals surface area contributed by atoms with Crippen LogP contribution in [0.5, 0.6) is 0 Å². The van der Waals surface area contributed by atoms with Crippen molar-refractivity contribution in [3.63, 3.8) is 0 Å². The Morgan fingerprint density at radius 3 is 2.72 bits per heavy atom. The molecular weight excluding hydrogens is 288 g/mol. The van der Waals surface area contributed by atoms with Gasteiger partial charge in [-0.2, -0.15) is 0 Å². The highest BCUT2D eigenvalue weighted by atomic mass is 79.9. The quantitative estimate of drug-likeness (QED) is 0.822. The molecule has 0 amide bonds. The molecule has 0 heterocycles. The Hall–Kier alpha value is -0.540. The number of nitrogens with one attached hydrogen (secondary N) is 1. The van der Waals surface area contributed by atoms with Crippen LogP contribution >= 0.6 is 15.9 Å². The van der Waals surface area contributed by atoms with E-state index in [0.717, 1.165) is 23.2 Å². The number of hydrogen-bond acceptors (Lipinski definition) is 2. The van der Waals surface area contributed by atoms with E-state index < -0.39 is 0 Å². The first kappa shape index (κ1) is 13.9. The van der Waals surface area contributed by atoms with Crippen LogP contribution in [0.15, 0.2) is 22.7 Å². The highest BCUT2D eigenvalue weighted by Gasteiger charge is 2.25. The fraction of sp³-hybridized carbons (Fsp3) is 0.600. The van der Waals surface area contributed by atoms with Crippen LogP contribution in [-0.2, 0) is 6.54 Å². The molecule has 1 aliphatic rings. The van der Waals surface area contributed by atoms with Gasteiger partial charge in [-0.05, 0) is 42.0 Å². The van der Waals surface area contributed by atoms with Gasteiger partial charge in [-0.1, -0.05) is 42.1 Å². The zero-order chi connectivity index (χ0) is 13.0. The minimum atomic E-state index is 0.491. The largest absolute Gasteiger partial charge is 0.399 e. The first-order valence-electron chi connectivity index (χ1n) is 6.84. The van der Waals surface area contributed by atoms with Crippen molar-refractivity contribution in [1.82, 2.24) is 5.32 Å². The van der Waals surface area contributed by atoms with E-state index in [2.05, 4.69) is 28.2 Å². The predicted octanol–water partition coefficient (Wildman–Crippen LogP) is 4.09. The lowest BCUT2D eigenvalue weighted by Crippen LogP contribution is -2.33. The third kappa shape index (κ3) is 3.72. The van der Waals surface area contributed by atoms with Crippen LogP contribution in [0.2, 0.25) is 0 Å². The molecule has 0 unspecified atom stereocenters. The van der Waals surface area contributed by atoms with E-state index in [1.165, 1.54) is 37.7 Å². The second kappa shape index (κ2) is 6.07. The highest BCUT2D eigenvalue weighted by molar-refractivity contribution is 9.10. The van der Waals surface area contributed by atoms with Gasteiger partial charge in [0, 0.05) is 23.2 Å². The van der Waals surface area contributed by atoms with Crippen molar-refractivity contribution in [2.24, 2.45) is 5.41 Å². The molecule has 1 aromatic rings. The van der Waals surface area contributed by atoms with Crippen molar-refractivity contribution in [1.29, 1.82) is 0 Å². The Bertz CT molecular complexity index is 397. The van der Waals surface area contributed by atoms with Gasteiger partial charge in [0.2, 0.25) is 0 Å². The van der Waals surface area contributed by atoms with Gasteiger partial charge in [0.05, 0.1) is 0 Å². The highest BCUT2D eigenvalue weighted by Crippen LogP contribution is 2.35. The van der Waals surface area contributed by atoms with Crippen LogP contribution in [0.1, 0.15) is 44.6 Å². The average molecular weight is 311 g/mol. The zero-order valence-corrected chi connectivity index (χ0v) is 12.7. The molecule has 3 N–H and O–H groups in total. The normalized spacial score (nSPS) is 18.8. The molecule has 0 spiro atoms. The summed E-state index contributed by atoms with van der Waals surface area (Å²) in [6.45, 7) is 4.41. The van der Waals surface area contributed by atoms with E-state index in [1.807, 2.05) is 18.2 Å². The maximum atomic E-state index is 5.82. The Labute approximate surface area is 118 Å². The number of rotatable bonds is 4. The second-order valence-corrected chi connectivity index (χ2v) is 6.68. The molecule has 3 heteroatoms. The van der Waals surface area contributed by atoms with Gasteiger partial charge < -0.3 is 11.1 Å². The van der Waals surface area contributed by atoms with Crippen molar-refractivity contribution < 1.29 is 0 Å². The minimum absolute atomic E-state index is 0.491. The first-order valence-corrected chi connectivity index (χ1v) is 7.63. The molecule has 0 atom stereocenters.